The van der Waals surface area contributed by atoms with E-state index in [1.54, 1.807) is 37.1 Å². The predicted molar refractivity (Wildman–Crippen MR) is 125 cm³/mol. The van der Waals surface area contributed by atoms with Crippen LogP contribution in [0.4, 0.5) is 15.8 Å². The number of hydrogen-bond donors (Lipinski definition) is 3. The summed E-state index contributed by atoms with van der Waals surface area (Å²) in [4.78, 5) is 15.4. The quantitative estimate of drug-likeness (QED) is 0.432. The summed E-state index contributed by atoms with van der Waals surface area (Å²) in [5, 5.41) is 26.9. The first-order valence-corrected chi connectivity index (χ1v) is 11.0. The van der Waals surface area contributed by atoms with Gasteiger partial charge in [0.1, 0.15) is 22.3 Å². The molecular formula is C23H26FN7O2. The highest BCUT2D eigenvalue weighted by Gasteiger charge is 2.27. The minimum atomic E-state index is -0.558. The first-order chi connectivity index (χ1) is 15.8. The van der Waals surface area contributed by atoms with Crippen LogP contribution in [-0.4, -0.2) is 56.3 Å². The Balaban J connectivity index is 1.51. The molecule has 2 aromatic carbocycles. The van der Waals surface area contributed by atoms with Crippen LogP contribution < -0.4 is 15.5 Å². The number of nitrogens with zero attached hydrogens (tertiary/aromatic N) is 5. The summed E-state index contributed by atoms with van der Waals surface area (Å²) in [6, 6.07) is 4.87. The number of fused-ring (bicyclic) bond motifs is 2. The fourth-order valence-electron chi connectivity index (χ4n) is 4.66. The van der Waals surface area contributed by atoms with Gasteiger partial charge in [-0.2, -0.15) is 10.2 Å². The number of halogens is 1. The molecule has 1 aliphatic heterocycles. The van der Waals surface area contributed by atoms with Crippen molar-refractivity contribution in [3.63, 3.8) is 0 Å². The standard InChI is InChI=1S/C23H26FN7O2/c1-4-25-14-5-6-31(11-14)18-9-19(32)20(22-16(18)12-30(3)28-22)23(33)26-15-7-13-10-29(2)27-21(13)17(24)8-15/h7-10,12,14,25,32H,4-6,11H2,1-3H3,(H,26,33)/t14-/m1/s1. The Kier molecular flexibility index (Phi) is 5.16. The average molecular weight is 452 g/mol. The maximum atomic E-state index is 14.5. The second-order valence-electron chi connectivity index (χ2n) is 8.50. The summed E-state index contributed by atoms with van der Waals surface area (Å²) in [5.41, 5.74) is 1.81. The van der Waals surface area contributed by atoms with E-state index in [2.05, 4.69) is 32.7 Å². The maximum absolute atomic E-state index is 14.5. The summed E-state index contributed by atoms with van der Waals surface area (Å²) in [7, 11) is 3.48. The Morgan fingerprint density at radius 2 is 1.94 bits per heavy atom. The number of aryl methyl sites for hydroxylation is 2. The largest absolute Gasteiger partial charge is 0.507 e. The number of nitrogens with one attached hydrogen (secondary N) is 2. The molecule has 0 unspecified atom stereocenters. The number of aromatic hydroxyl groups is 1. The third-order valence-electron chi connectivity index (χ3n) is 6.05. The average Bonchev–Trinajstić information content (AvgIpc) is 3.45. The Bertz CT molecular complexity index is 1380. The molecule has 5 rings (SSSR count). The van der Waals surface area contributed by atoms with Gasteiger partial charge in [-0.25, -0.2) is 4.39 Å². The number of amides is 1. The van der Waals surface area contributed by atoms with Gasteiger partial charge in [-0.1, -0.05) is 6.92 Å². The van der Waals surface area contributed by atoms with Crippen molar-refractivity contribution in [2.45, 2.75) is 19.4 Å². The van der Waals surface area contributed by atoms with Crippen LogP contribution in [0.5, 0.6) is 5.75 Å². The van der Waals surface area contributed by atoms with Crippen LogP contribution in [-0.2, 0) is 14.1 Å². The topological polar surface area (TPSA) is 100 Å². The molecule has 1 fully saturated rings. The second kappa shape index (κ2) is 8.04. The van der Waals surface area contributed by atoms with E-state index in [4.69, 9.17) is 0 Å². The number of carbonyl (C=O) groups excluding carboxylic acids is 1. The summed E-state index contributed by atoms with van der Waals surface area (Å²) >= 11 is 0. The smallest absolute Gasteiger partial charge is 0.261 e. The van der Waals surface area contributed by atoms with Gasteiger partial charge in [-0.05, 0) is 25.1 Å². The Hall–Kier alpha value is -3.66. The zero-order chi connectivity index (χ0) is 23.3. The number of phenols is 1. The Morgan fingerprint density at radius 1 is 1.18 bits per heavy atom. The molecule has 0 radical (unpaired) electrons. The zero-order valence-corrected chi connectivity index (χ0v) is 18.8. The van der Waals surface area contributed by atoms with Crippen molar-refractivity contribution >= 4 is 39.1 Å². The van der Waals surface area contributed by atoms with Gasteiger partial charge in [-0.3, -0.25) is 14.2 Å². The van der Waals surface area contributed by atoms with E-state index in [-0.39, 0.29) is 22.5 Å². The van der Waals surface area contributed by atoms with E-state index in [0.29, 0.717) is 16.9 Å². The molecular weight excluding hydrogens is 425 g/mol. The Morgan fingerprint density at radius 3 is 2.73 bits per heavy atom. The van der Waals surface area contributed by atoms with Gasteiger partial charge in [-0.15, -0.1) is 0 Å². The zero-order valence-electron chi connectivity index (χ0n) is 18.8. The lowest BCUT2D eigenvalue weighted by Crippen LogP contribution is -2.32. The van der Waals surface area contributed by atoms with Crippen molar-refractivity contribution in [2.24, 2.45) is 14.1 Å². The molecule has 10 heteroatoms. The van der Waals surface area contributed by atoms with Crippen LogP contribution in [0.2, 0.25) is 0 Å². The molecule has 1 saturated heterocycles. The highest BCUT2D eigenvalue weighted by atomic mass is 19.1. The van der Waals surface area contributed by atoms with E-state index in [1.807, 2.05) is 6.20 Å². The minimum absolute atomic E-state index is 0.0588. The van der Waals surface area contributed by atoms with E-state index >= 15 is 0 Å². The fourth-order valence-corrected chi connectivity index (χ4v) is 4.66. The molecule has 1 aliphatic rings. The monoisotopic (exact) mass is 451 g/mol. The first-order valence-electron chi connectivity index (χ1n) is 11.0. The SMILES string of the molecule is CCN[C@@H]1CCN(c2cc(O)c(C(=O)Nc3cc(F)c4nn(C)cc4c3)c3nn(C)cc23)C1. The molecule has 9 nitrogen and oxygen atoms in total. The van der Waals surface area contributed by atoms with Crippen LogP contribution in [0, 0.1) is 5.82 Å². The number of phenolic OH excluding ortho intramolecular Hbond substituents is 1. The van der Waals surface area contributed by atoms with Crippen molar-refractivity contribution in [3.05, 3.63) is 42.0 Å². The number of anilines is 2. The molecule has 1 amide bonds. The van der Waals surface area contributed by atoms with Crippen molar-refractivity contribution in [2.75, 3.05) is 29.9 Å². The molecule has 33 heavy (non-hydrogen) atoms. The fraction of sp³-hybridized carbons (Fsp3) is 0.348. The highest BCUT2D eigenvalue weighted by Crippen LogP contribution is 2.37. The maximum Gasteiger partial charge on any atom is 0.261 e. The normalized spacial score (nSPS) is 16.2. The van der Waals surface area contributed by atoms with Gasteiger partial charge in [0.15, 0.2) is 5.82 Å². The molecule has 3 N–H and O–H groups in total. The molecule has 0 saturated carbocycles. The van der Waals surface area contributed by atoms with Crippen LogP contribution in [0.25, 0.3) is 21.8 Å². The third-order valence-corrected chi connectivity index (χ3v) is 6.05. The van der Waals surface area contributed by atoms with Gasteiger partial charge in [0.25, 0.3) is 5.91 Å². The summed E-state index contributed by atoms with van der Waals surface area (Å²) < 4.78 is 17.6. The first kappa shape index (κ1) is 21.2. The van der Waals surface area contributed by atoms with Gasteiger partial charge in [0.05, 0.1) is 5.69 Å². The van der Waals surface area contributed by atoms with E-state index in [9.17, 15) is 14.3 Å². The van der Waals surface area contributed by atoms with Gasteiger partial charge >= 0.3 is 0 Å². The number of hydrogen-bond acceptors (Lipinski definition) is 6. The number of benzene rings is 2. The molecule has 1 atom stereocenters. The van der Waals surface area contributed by atoms with E-state index in [0.717, 1.165) is 37.1 Å². The van der Waals surface area contributed by atoms with Crippen molar-refractivity contribution in [3.8, 4) is 5.75 Å². The number of aromatic nitrogens is 4. The highest BCUT2D eigenvalue weighted by molar-refractivity contribution is 6.16. The Labute approximate surface area is 189 Å². The molecule has 4 aromatic rings. The van der Waals surface area contributed by atoms with Crippen LogP contribution in [0.15, 0.2) is 30.6 Å². The van der Waals surface area contributed by atoms with Crippen LogP contribution in [0.1, 0.15) is 23.7 Å². The molecule has 0 spiro atoms. The molecule has 3 heterocycles. The van der Waals surface area contributed by atoms with Crippen LogP contribution >= 0.6 is 0 Å². The summed E-state index contributed by atoms with van der Waals surface area (Å²) in [6.45, 7) is 4.64. The molecule has 2 aromatic heterocycles. The lowest BCUT2D eigenvalue weighted by atomic mass is 10.1. The molecule has 172 valence electrons. The number of carbonyl (C=O) groups is 1. The van der Waals surface area contributed by atoms with E-state index < -0.39 is 11.7 Å². The van der Waals surface area contributed by atoms with Crippen LogP contribution in [0.3, 0.4) is 0 Å². The molecule has 0 bridgehead atoms. The summed E-state index contributed by atoms with van der Waals surface area (Å²) in [6.07, 6.45) is 4.53. The third kappa shape index (κ3) is 3.76. The van der Waals surface area contributed by atoms with Crippen molar-refractivity contribution in [1.82, 2.24) is 24.9 Å². The van der Waals surface area contributed by atoms with Gasteiger partial charge in [0.2, 0.25) is 0 Å². The molecule has 0 aliphatic carbocycles. The predicted octanol–water partition coefficient (Wildman–Crippen LogP) is 2.75. The second-order valence-corrected chi connectivity index (χ2v) is 8.50. The van der Waals surface area contributed by atoms with E-state index in [1.165, 1.54) is 10.7 Å². The minimum Gasteiger partial charge on any atom is -0.507 e. The lowest BCUT2D eigenvalue weighted by Gasteiger charge is -2.21. The number of likely N-dealkylation sites (N-methyl/N-ethyl adjacent to an activating group) is 1. The summed E-state index contributed by atoms with van der Waals surface area (Å²) in [5.74, 6) is -1.25. The van der Waals surface area contributed by atoms with Gasteiger partial charge in [0, 0.05) is 68.1 Å². The lowest BCUT2D eigenvalue weighted by molar-refractivity contribution is 0.102. The number of rotatable bonds is 5. The van der Waals surface area contributed by atoms with Gasteiger partial charge < -0.3 is 20.6 Å². The van der Waals surface area contributed by atoms with Crippen molar-refractivity contribution < 1.29 is 14.3 Å². The van der Waals surface area contributed by atoms with Crippen molar-refractivity contribution in [1.29, 1.82) is 0 Å².